The lowest BCUT2D eigenvalue weighted by molar-refractivity contribution is 0.0209. The highest BCUT2D eigenvalue weighted by Gasteiger charge is 2.48. The van der Waals surface area contributed by atoms with Crippen LogP contribution < -0.4 is 5.32 Å². The first kappa shape index (κ1) is 10.3. The lowest BCUT2D eigenvalue weighted by atomic mass is 9.54. The molecule has 1 nitrogen and oxygen atoms in total. The highest BCUT2D eigenvalue weighted by atomic mass is 14.9. The van der Waals surface area contributed by atoms with Crippen LogP contribution in [0.5, 0.6) is 0 Å². The molecule has 1 fully saturated rings. The largest absolute Gasteiger partial charge is 0.316 e. The Balaban J connectivity index is 2.05. The van der Waals surface area contributed by atoms with Crippen molar-refractivity contribution in [1.82, 2.24) is 5.32 Å². The van der Waals surface area contributed by atoms with Crippen molar-refractivity contribution >= 4 is 0 Å². The first-order valence-electron chi connectivity index (χ1n) is 6.41. The summed E-state index contributed by atoms with van der Waals surface area (Å²) in [4.78, 5) is 0. The van der Waals surface area contributed by atoms with Crippen LogP contribution in [0.25, 0.3) is 0 Å². The van der Waals surface area contributed by atoms with Gasteiger partial charge in [-0.3, -0.25) is 0 Å². The van der Waals surface area contributed by atoms with Crippen molar-refractivity contribution in [3.8, 4) is 0 Å². The Hall–Kier alpha value is -0.820. The van der Waals surface area contributed by atoms with Crippen LogP contribution in [-0.4, -0.2) is 13.1 Å². The predicted molar refractivity (Wildman–Crippen MR) is 67.6 cm³/mol. The second kappa shape index (κ2) is 3.33. The van der Waals surface area contributed by atoms with Gasteiger partial charge in [-0.2, -0.15) is 0 Å². The molecule has 0 aromatic heterocycles. The van der Waals surface area contributed by atoms with Crippen LogP contribution in [0.1, 0.15) is 31.4 Å². The van der Waals surface area contributed by atoms with E-state index in [1.54, 1.807) is 11.1 Å². The number of benzene rings is 1. The summed E-state index contributed by atoms with van der Waals surface area (Å²) in [7, 11) is 0. The van der Waals surface area contributed by atoms with Crippen molar-refractivity contribution in [2.45, 2.75) is 33.1 Å². The van der Waals surface area contributed by atoms with Gasteiger partial charge in [0.2, 0.25) is 0 Å². The van der Waals surface area contributed by atoms with E-state index in [1.165, 1.54) is 32.4 Å². The number of hydrogen-bond donors (Lipinski definition) is 1. The number of fused-ring (bicyclic) bond motifs is 2. The van der Waals surface area contributed by atoms with E-state index in [4.69, 9.17) is 0 Å². The molecule has 0 spiro atoms. The molecule has 0 radical (unpaired) electrons. The summed E-state index contributed by atoms with van der Waals surface area (Å²) in [5, 5.41) is 3.58. The molecule has 1 aromatic carbocycles. The number of piperidine rings is 1. The minimum Gasteiger partial charge on any atom is -0.316 e. The molecule has 2 atom stereocenters. The van der Waals surface area contributed by atoms with Gasteiger partial charge in [0, 0.05) is 6.54 Å². The van der Waals surface area contributed by atoms with Crippen LogP contribution in [0.3, 0.4) is 0 Å². The third-order valence-corrected chi connectivity index (χ3v) is 5.11. The van der Waals surface area contributed by atoms with Gasteiger partial charge >= 0.3 is 0 Å². The van der Waals surface area contributed by atoms with Crippen LogP contribution in [0.15, 0.2) is 24.3 Å². The van der Waals surface area contributed by atoms with Gasteiger partial charge in [-0.15, -0.1) is 0 Å². The summed E-state index contributed by atoms with van der Waals surface area (Å²) >= 11 is 0. The van der Waals surface area contributed by atoms with Crippen molar-refractivity contribution in [2.24, 2.45) is 10.8 Å². The highest BCUT2D eigenvalue weighted by molar-refractivity contribution is 5.33. The molecule has 1 heteroatoms. The minimum atomic E-state index is 0.444. The molecule has 16 heavy (non-hydrogen) atoms. The second-order valence-electron chi connectivity index (χ2n) is 6.17. The molecule has 0 unspecified atom stereocenters. The average Bonchev–Trinajstić information content (AvgIpc) is 2.26. The fraction of sp³-hybridized carbons (Fsp3) is 0.600. The van der Waals surface area contributed by atoms with Gasteiger partial charge in [0.05, 0.1) is 0 Å². The van der Waals surface area contributed by atoms with Crippen LogP contribution in [0.2, 0.25) is 0 Å². The Kier molecular flexibility index (Phi) is 2.16. The van der Waals surface area contributed by atoms with E-state index in [0.717, 1.165) is 0 Å². The zero-order valence-corrected chi connectivity index (χ0v) is 10.3. The zero-order valence-electron chi connectivity index (χ0n) is 10.3. The normalized spacial score (nSPS) is 37.6. The third-order valence-electron chi connectivity index (χ3n) is 5.11. The predicted octanol–water partition coefficient (Wildman–Crippen LogP) is 2.79. The Morgan fingerprint density at radius 3 is 2.31 bits per heavy atom. The molecule has 0 saturated carbocycles. The van der Waals surface area contributed by atoms with E-state index in [9.17, 15) is 0 Å². The fourth-order valence-corrected chi connectivity index (χ4v) is 3.56. The average molecular weight is 215 g/mol. The first-order valence-corrected chi connectivity index (χ1v) is 6.41. The molecule has 1 aliphatic carbocycles. The van der Waals surface area contributed by atoms with E-state index in [1.807, 2.05) is 0 Å². The summed E-state index contributed by atoms with van der Waals surface area (Å²) in [6, 6.07) is 9.00. The Bertz CT molecular complexity index is 373. The standard InChI is InChI=1S/C15H21N/c1-14-7-8-16-11-15(14,2)10-13-6-4-3-5-12(13)9-14/h3-6,16H,7-11H2,1-2H3/t14-,15+/m0/s1. The van der Waals surface area contributed by atoms with Crippen LogP contribution in [0.4, 0.5) is 0 Å². The Morgan fingerprint density at radius 2 is 1.62 bits per heavy atom. The molecule has 0 bridgehead atoms. The quantitative estimate of drug-likeness (QED) is 0.701. The van der Waals surface area contributed by atoms with E-state index in [0.29, 0.717) is 10.8 Å². The minimum absolute atomic E-state index is 0.444. The summed E-state index contributed by atoms with van der Waals surface area (Å²) < 4.78 is 0. The maximum atomic E-state index is 3.58. The molecule has 1 saturated heterocycles. The third kappa shape index (κ3) is 1.34. The SMILES string of the molecule is C[C@@]12CCNC[C@@]1(C)Cc1ccccc1C2. The second-order valence-corrected chi connectivity index (χ2v) is 6.17. The molecule has 3 rings (SSSR count). The number of rotatable bonds is 0. The molecule has 1 aliphatic heterocycles. The van der Waals surface area contributed by atoms with Gasteiger partial charge in [-0.05, 0) is 47.8 Å². The Morgan fingerprint density at radius 1 is 1.00 bits per heavy atom. The fourth-order valence-electron chi connectivity index (χ4n) is 3.56. The lowest BCUT2D eigenvalue weighted by Gasteiger charge is -2.54. The van der Waals surface area contributed by atoms with Gasteiger partial charge in [0.15, 0.2) is 0 Å². The summed E-state index contributed by atoms with van der Waals surface area (Å²) in [6.45, 7) is 7.32. The maximum Gasteiger partial charge on any atom is 0.00137 e. The molecule has 86 valence electrons. The van der Waals surface area contributed by atoms with E-state index in [2.05, 4.69) is 43.4 Å². The monoisotopic (exact) mass is 215 g/mol. The topological polar surface area (TPSA) is 12.0 Å². The van der Waals surface area contributed by atoms with E-state index < -0.39 is 0 Å². The highest BCUT2D eigenvalue weighted by Crippen LogP contribution is 2.51. The molecule has 1 aromatic rings. The first-order chi connectivity index (χ1) is 7.63. The number of hydrogen-bond acceptors (Lipinski definition) is 1. The van der Waals surface area contributed by atoms with Gasteiger partial charge in [0.1, 0.15) is 0 Å². The van der Waals surface area contributed by atoms with Crippen molar-refractivity contribution in [3.63, 3.8) is 0 Å². The lowest BCUT2D eigenvalue weighted by Crippen LogP contribution is -2.55. The van der Waals surface area contributed by atoms with Gasteiger partial charge in [-0.25, -0.2) is 0 Å². The maximum absolute atomic E-state index is 3.58. The van der Waals surface area contributed by atoms with Crippen LogP contribution in [-0.2, 0) is 12.8 Å². The summed E-state index contributed by atoms with van der Waals surface area (Å²) in [5.74, 6) is 0. The van der Waals surface area contributed by atoms with E-state index >= 15 is 0 Å². The molecular weight excluding hydrogens is 194 g/mol. The van der Waals surface area contributed by atoms with Crippen molar-refractivity contribution in [1.29, 1.82) is 0 Å². The van der Waals surface area contributed by atoms with Crippen molar-refractivity contribution < 1.29 is 0 Å². The Labute approximate surface area is 98.3 Å². The van der Waals surface area contributed by atoms with E-state index in [-0.39, 0.29) is 0 Å². The number of nitrogens with one attached hydrogen (secondary N) is 1. The molecular formula is C15H21N. The smallest absolute Gasteiger partial charge is 0.00137 e. The molecule has 2 aliphatic rings. The van der Waals surface area contributed by atoms with Gasteiger partial charge < -0.3 is 5.32 Å². The van der Waals surface area contributed by atoms with Crippen LogP contribution >= 0.6 is 0 Å². The van der Waals surface area contributed by atoms with Crippen molar-refractivity contribution in [2.75, 3.05) is 13.1 Å². The van der Waals surface area contributed by atoms with Crippen LogP contribution in [0, 0.1) is 10.8 Å². The van der Waals surface area contributed by atoms with Gasteiger partial charge in [0.25, 0.3) is 0 Å². The molecule has 0 amide bonds. The molecule has 1 heterocycles. The van der Waals surface area contributed by atoms with Gasteiger partial charge in [-0.1, -0.05) is 38.1 Å². The summed E-state index contributed by atoms with van der Waals surface area (Å²) in [6.07, 6.45) is 3.83. The summed E-state index contributed by atoms with van der Waals surface area (Å²) in [5.41, 5.74) is 4.10. The zero-order chi connectivity index (χ0) is 11.2. The van der Waals surface area contributed by atoms with Crippen molar-refractivity contribution in [3.05, 3.63) is 35.4 Å². The molecule has 1 N–H and O–H groups in total.